The standard InChI is InChI=1S/C25H36O3Si/c29-25(26-13-22-10-16-1-4-19(22)7-16,27-14-23-11-17-2-5-20(23)8-17)28-15-24-12-18-3-6-21(24)9-18/h1-6,16-24H,7-15H2,29H3. The number of hydrogen-bond donors (Lipinski definition) is 0. The lowest BCUT2D eigenvalue weighted by atomic mass is 9.94. The van der Waals surface area contributed by atoms with E-state index in [4.69, 9.17) is 14.2 Å². The first-order valence-electron chi connectivity index (χ1n) is 12.1. The van der Waals surface area contributed by atoms with E-state index >= 15 is 0 Å². The summed E-state index contributed by atoms with van der Waals surface area (Å²) in [6, 6.07) is 0. The maximum atomic E-state index is 6.49. The molecule has 0 saturated heterocycles. The summed E-state index contributed by atoms with van der Waals surface area (Å²) in [5.74, 6) is 6.50. The summed E-state index contributed by atoms with van der Waals surface area (Å²) in [6.07, 6.45) is 22.3. The number of hydrogen-bond acceptors (Lipinski definition) is 3. The van der Waals surface area contributed by atoms with Crippen LogP contribution in [0.15, 0.2) is 36.5 Å². The van der Waals surface area contributed by atoms with Crippen LogP contribution in [0.25, 0.3) is 0 Å². The van der Waals surface area contributed by atoms with Crippen LogP contribution in [0.3, 0.4) is 0 Å². The van der Waals surface area contributed by atoms with Gasteiger partial charge in [0.25, 0.3) is 0 Å². The fraction of sp³-hybridized carbons (Fsp3) is 0.760. The molecule has 0 aromatic carbocycles. The zero-order chi connectivity index (χ0) is 19.4. The lowest BCUT2D eigenvalue weighted by Gasteiger charge is -2.35. The van der Waals surface area contributed by atoms with Crippen LogP contribution in [-0.2, 0) is 14.2 Å². The molecule has 0 radical (unpaired) electrons. The Morgan fingerprint density at radius 2 is 0.897 bits per heavy atom. The highest BCUT2D eigenvalue weighted by atomic mass is 28.1. The Balaban J connectivity index is 1.07. The largest absolute Gasteiger partial charge is 0.332 e. The van der Waals surface area contributed by atoms with Crippen LogP contribution < -0.4 is 0 Å². The number of rotatable bonds is 9. The first-order valence-corrected chi connectivity index (χ1v) is 13.1. The number of allylic oxidation sites excluding steroid dienone is 6. The minimum atomic E-state index is -0.761. The predicted molar refractivity (Wildman–Crippen MR) is 117 cm³/mol. The fourth-order valence-electron chi connectivity index (χ4n) is 7.16. The molecule has 0 aliphatic heterocycles. The Hall–Kier alpha value is -0.683. The Morgan fingerprint density at radius 1 is 0.552 bits per heavy atom. The summed E-state index contributed by atoms with van der Waals surface area (Å²) in [6.45, 7) is 2.38. The molecule has 6 bridgehead atoms. The van der Waals surface area contributed by atoms with E-state index in [1.165, 1.54) is 38.5 Å². The van der Waals surface area contributed by atoms with Crippen molar-refractivity contribution in [1.29, 1.82) is 0 Å². The molecule has 4 heteroatoms. The van der Waals surface area contributed by atoms with Gasteiger partial charge < -0.3 is 14.2 Å². The van der Waals surface area contributed by atoms with Gasteiger partial charge in [-0.2, -0.15) is 0 Å². The quantitative estimate of drug-likeness (QED) is 0.329. The fourth-order valence-corrected chi connectivity index (χ4v) is 7.66. The summed E-state index contributed by atoms with van der Waals surface area (Å²) < 4.78 is 19.5. The van der Waals surface area contributed by atoms with Crippen LogP contribution >= 0.6 is 0 Å². The van der Waals surface area contributed by atoms with Crippen molar-refractivity contribution in [1.82, 2.24) is 0 Å². The summed E-state index contributed by atoms with van der Waals surface area (Å²) >= 11 is 0. The van der Waals surface area contributed by atoms with E-state index in [2.05, 4.69) is 36.5 Å². The third kappa shape index (κ3) is 3.75. The first-order chi connectivity index (χ1) is 14.1. The zero-order valence-corrected chi connectivity index (χ0v) is 19.7. The molecule has 0 heterocycles. The van der Waals surface area contributed by atoms with Gasteiger partial charge in [-0.3, -0.25) is 0 Å². The summed E-state index contributed by atoms with van der Waals surface area (Å²) in [4.78, 5) is 0. The molecule has 3 nitrogen and oxygen atoms in total. The average Bonchev–Trinajstić information content (AvgIpc) is 3.57. The summed E-state index contributed by atoms with van der Waals surface area (Å²) in [7, 11) is 0.759. The molecule has 29 heavy (non-hydrogen) atoms. The van der Waals surface area contributed by atoms with Gasteiger partial charge in [0.2, 0.25) is 5.60 Å². The molecule has 9 atom stereocenters. The number of fused-ring (bicyclic) bond motifs is 6. The lowest BCUT2D eigenvalue weighted by Crippen LogP contribution is -2.44. The van der Waals surface area contributed by atoms with E-state index in [-0.39, 0.29) is 0 Å². The SMILES string of the molecule is [SiH3]C(OCC1CC2C=CC1C2)(OCC1CC2C=CC1C2)OCC1CC2C=CC1C2. The summed E-state index contributed by atoms with van der Waals surface area (Å²) in [5, 5.41) is 0. The molecular weight excluding hydrogens is 376 g/mol. The Kier molecular flexibility index (Phi) is 4.91. The van der Waals surface area contributed by atoms with E-state index in [0.717, 1.165) is 65.6 Å². The van der Waals surface area contributed by atoms with E-state index < -0.39 is 5.60 Å². The van der Waals surface area contributed by atoms with Crippen molar-refractivity contribution in [3.63, 3.8) is 0 Å². The van der Waals surface area contributed by atoms with Crippen LogP contribution in [0.2, 0.25) is 0 Å². The molecule has 3 fully saturated rings. The van der Waals surface area contributed by atoms with Gasteiger partial charge in [0.05, 0.1) is 19.8 Å². The molecule has 0 amide bonds. The second kappa shape index (κ2) is 7.47. The van der Waals surface area contributed by atoms with Gasteiger partial charge in [-0.25, -0.2) is 0 Å². The van der Waals surface area contributed by atoms with E-state index in [1.54, 1.807) is 0 Å². The minimum absolute atomic E-state index is 0.654. The van der Waals surface area contributed by atoms with Gasteiger partial charge in [-0.1, -0.05) is 36.5 Å². The van der Waals surface area contributed by atoms with Crippen molar-refractivity contribution < 1.29 is 14.2 Å². The van der Waals surface area contributed by atoms with Crippen LogP contribution in [0.5, 0.6) is 0 Å². The average molecular weight is 413 g/mol. The topological polar surface area (TPSA) is 27.7 Å². The summed E-state index contributed by atoms with van der Waals surface area (Å²) in [5.41, 5.74) is -0.761. The smallest absolute Gasteiger partial charge is 0.245 e. The van der Waals surface area contributed by atoms with Crippen molar-refractivity contribution in [3.05, 3.63) is 36.5 Å². The van der Waals surface area contributed by atoms with Gasteiger partial charge in [0.15, 0.2) is 0 Å². The van der Waals surface area contributed by atoms with Crippen LogP contribution in [-0.4, -0.2) is 35.7 Å². The van der Waals surface area contributed by atoms with Crippen molar-refractivity contribution in [2.24, 2.45) is 53.3 Å². The molecular formula is C25H36O3Si. The highest BCUT2D eigenvalue weighted by molar-refractivity contribution is 6.12. The first kappa shape index (κ1) is 19.0. The van der Waals surface area contributed by atoms with Crippen molar-refractivity contribution >= 4 is 10.2 Å². The van der Waals surface area contributed by atoms with Crippen LogP contribution in [0.1, 0.15) is 38.5 Å². The molecule has 9 unspecified atom stereocenters. The van der Waals surface area contributed by atoms with Gasteiger partial charge in [-0.05, 0) is 91.8 Å². The van der Waals surface area contributed by atoms with E-state index in [9.17, 15) is 0 Å². The molecule has 6 aliphatic carbocycles. The zero-order valence-electron chi connectivity index (χ0n) is 17.7. The van der Waals surface area contributed by atoms with Gasteiger partial charge in [0, 0.05) is 0 Å². The number of ether oxygens (including phenoxy) is 3. The maximum Gasteiger partial charge on any atom is 0.245 e. The molecule has 0 spiro atoms. The molecule has 0 aromatic heterocycles. The molecule has 6 aliphatic rings. The Morgan fingerprint density at radius 3 is 1.14 bits per heavy atom. The second-order valence-corrected chi connectivity index (χ2v) is 12.1. The normalized spacial score (nSPS) is 47.8. The molecule has 6 rings (SSSR count). The van der Waals surface area contributed by atoms with Crippen LogP contribution in [0.4, 0.5) is 0 Å². The monoisotopic (exact) mass is 412 g/mol. The van der Waals surface area contributed by atoms with E-state index in [0.29, 0.717) is 17.8 Å². The van der Waals surface area contributed by atoms with Crippen molar-refractivity contribution in [3.8, 4) is 0 Å². The maximum absolute atomic E-state index is 6.49. The van der Waals surface area contributed by atoms with Crippen molar-refractivity contribution in [2.75, 3.05) is 19.8 Å². The van der Waals surface area contributed by atoms with Gasteiger partial charge in [0.1, 0.15) is 10.2 Å². The minimum Gasteiger partial charge on any atom is -0.332 e. The molecule has 3 saturated carbocycles. The van der Waals surface area contributed by atoms with Crippen LogP contribution in [0, 0.1) is 53.3 Å². The Labute approximate surface area is 178 Å². The third-order valence-corrected chi connectivity index (χ3v) is 9.79. The molecule has 0 N–H and O–H groups in total. The van der Waals surface area contributed by atoms with Gasteiger partial charge in [-0.15, -0.1) is 0 Å². The highest BCUT2D eigenvalue weighted by Gasteiger charge is 2.42. The highest BCUT2D eigenvalue weighted by Crippen LogP contribution is 2.46. The van der Waals surface area contributed by atoms with E-state index in [1.807, 2.05) is 0 Å². The molecule has 158 valence electrons. The third-order valence-electron chi connectivity index (χ3n) is 8.93. The van der Waals surface area contributed by atoms with Crippen molar-refractivity contribution in [2.45, 2.75) is 44.1 Å². The Bertz CT molecular complexity index is 622. The second-order valence-electron chi connectivity index (χ2n) is 10.9. The lowest BCUT2D eigenvalue weighted by molar-refractivity contribution is -0.336. The molecule has 0 aromatic rings. The van der Waals surface area contributed by atoms with Gasteiger partial charge >= 0.3 is 0 Å². The predicted octanol–water partition coefficient (Wildman–Crippen LogP) is 3.65.